The lowest BCUT2D eigenvalue weighted by molar-refractivity contribution is -0.134. The second-order valence-corrected chi connectivity index (χ2v) is 8.86. The van der Waals surface area contributed by atoms with E-state index in [-0.39, 0.29) is 12.4 Å². The molecule has 0 spiro atoms. The van der Waals surface area contributed by atoms with Crippen molar-refractivity contribution in [2.45, 2.75) is 19.3 Å². The monoisotopic (exact) mass is 491 g/mol. The summed E-state index contributed by atoms with van der Waals surface area (Å²) in [7, 11) is 0. The number of benzene rings is 3. The van der Waals surface area contributed by atoms with Crippen LogP contribution in [0.2, 0.25) is 5.02 Å². The average molecular weight is 492 g/mol. The summed E-state index contributed by atoms with van der Waals surface area (Å²) in [5.74, 6) is 0.226. The van der Waals surface area contributed by atoms with Gasteiger partial charge in [-0.3, -0.25) is 9.78 Å². The number of aromatic nitrogens is 2. The third-order valence-electron chi connectivity index (χ3n) is 6.03. The zero-order valence-electron chi connectivity index (χ0n) is 19.4. The summed E-state index contributed by atoms with van der Waals surface area (Å²) in [4.78, 5) is 20.5. The molecular formula is C30H22ClN3O2. The number of nitrogens with zero attached hydrogens (tertiary/aromatic N) is 2. The maximum absolute atomic E-state index is 12.5. The van der Waals surface area contributed by atoms with Crippen LogP contribution < -0.4 is 4.74 Å². The number of nitriles is 1. The Balaban J connectivity index is 1.24. The SMILES string of the molecule is N#Cc1ccc(-c2ccc(OC(=O)CCCc3c(-c4ccccn4)[nH]c4ccc(Cl)cc34)cc2)cc1. The van der Waals surface area contributed by atoms with Gasteiger partial charge in [0.05, 0.1) is 23.0 Å². The number of esters is 1. The van der Waals surface area contributed by atoms with Gasteiger partial charge in [0.2, 0.25) is 0 Å². The van der Waals surface area contributed by atoms with Crippen LogP contribution >= 0.6 is 11.6 Å². The summed E-state index contributed by atoms with van der Waals surface area (Å²) in [6, 6.07) is 28.4. The molecule has 0 aliphatic carbocycles. The van der Waals surface area contributed by atoms with Gasteiger partial charge in [-0.25, -0.2) is 0 Å². The highest BCUT2D eigenvalue weighted by Gasteiger charge is 2.15. The van der Waals surface area contributed by atoms with Crippen molar-refractivity contribution in [1.82, 2.24) is 9.97 Å². The van der Waals surface area contributed by atoms with Gasteiger partial charge in [-0.1, -0.05) is 41.9 Å². The molecular weight excluding hydrogens is 470 g/mol. The van der Waals surface area contributed by atoms with Crippen LogP contribution in [0.4, 0.5) is 0 Å². The van der Waals surface area contributed by atoms with Crippen LogP contribution in [0.15, 0.2) is 91.1 Å². The second kappa shape index (κ2) is 10.5. The number of fused-ring (bicyclic) bond motifs is 1. The van der Waals surface area contributed by atoms with Gasteiger partial charge in [-0.15, -0.1) is 0 Å². The van der Waals surface area contributed by atoms with E-state index in [9.17, 15) is 4.79 Å². The first-order valence-electron chi connectivity index (χ1n) is 11.6. The summed E-state index contributed by atoms with van der Waals surface area (Å²) in [5.41, 5.74) is 6.47. The highest BCUT2D eigenvalue weighted by molar-refractivity contribution is 6.31. The smallest absolute Gasteiger partial charge is 0.311 e. The Morgan fingerprint density at radius 2 is 1.72 bits per heavy atom. The standard InChI is InChI=1S/C30H22ClN3O2/c31-23-13-16-27-26(18-23)25(30(34-27)28-5-1-2-17-33-28)4-3-6-29(35)36-24-14-11-22(12-15-24)21-9-7-20(19-32)8-10-21/h1-2,5,7-18,34H,3-4,6H2. The van der Waals surface area contributed by atoms with Crippen LogP contribution in [-0.2, 0) is 11.2 Å². The predicted octanol–water partition coefficient (Wildman–Crippen LogP) is 7.35. The van der Waals surface area contributed by atoms with Gasteiger partial charge in [-0.2, -0.15) is 5.26 Å². The highest BCUT2D eigenvalue weighted by Crippen LogP contribution is 2.32. The van der Waals surface area contributed by atoms with Gasteiger partial charge in [0.1, 0.15) is 5.75 Å². The van der Waals surface area contributed by atoms with Crippen molar-refractivity contribution in [3.05, 3.63) is 107 Å². The molecule has 0 amide bonds. The minimum Gasteiger partial charge on any atom is -0.427 e. The van der Waals surface area contributed by atoms with Crippen molar-refractivity contribution in [2.24, 2.45) is 0 Å². The molecule has 0 saturated heterocycles. The van der Waals surface area contributed by atoms with Crippen molar-refractivity contribution in [1.29, 1.82) is 5.26 Å². The Kier molecular flexibility index (Phi) is 6.79. The van der Waals surface area contributed by atoms with E-state index in [1.54, 1.807) is 30.5 Å². The third-order valence-corrected chi connectivity index (χ3v) is 6.27. The van der Waals surface area contributed by atoms with Gasteiger partial charge in [0.25, 0.3) is 0 Å². The summed E-state index contributed by atoms with van der Waals surface area (Å²) < 4.78 is 5.56. The summed E-state index contributed by atoms with van der Waals surface area (Å²) in [5, 5.41) is 10.7. The first-order chi connectivity index (χ1) is 17.6. The molecule has 0 saturated carbocycles. The molecule has 0 fully saturated rings. The number of rotatable bonds is 7. The maximum atomic E-state index is 12.5. The van der Waals surface area contributed by atoms with Crippen LogP contribution in [0.5, 0.6) is 5.75 Å². The Hall–Kier alpha value is -4.40. The van der Waals surface area contributed by atoms with E-state index in [2.05, 4.69) is 16.0 Å². The molecule has 176 valence electrons. The van der Waals surface area contributed by atoms with Crippen molar-refractivity contribution < 1.29 is 9.53 Å². The number of aromatic amines is 1. The Morgan fingerprint density at radius 3 is 2.42 bits per heavy atom. The molecule has 3 aromatic carbocycles. The molecule has 0 unspecified atom stereocenters. The van der Waals surface area contributed by atoms with Crippen LogP contribution in [0, 0.1) is 11.3 Å². The van der Waals surface area contributed by atoms with Crippen molar-refractivity contribution in [3.8, 4) is 34.3 Å². The lowest BCUT2D eigenvalue weighted by atomic mass is 10.0. The highest BCUT2D eigenvalue weighted by atomic mass is 35.5. The van der Waals surface area contributed by atoms with E-state index in [0.29, 0.717) is 29.2 Å². The summed E-state index contributed by atoms with van der Waals surface area (Å²) >= 11 is 6.27. The Morgan fingerprint density at radius 1 is 0.972 bits per heavy atom. The average Bonchev–Trinajstić information content (AvgIpc) is 3.27. The first-order valence-corrected chi connectivity index (χ1v) is 12.0. The Labute approximate surface area is 214 Å². The summed E-state index contributed by atoms with van der Waals surface area (Å²) in [6.45, 7) is 0. The van der Waals surface area contributed by atoms with Gasteiger partial charge in [-0.05, 0) is 84.1 Å². The Bertz CT molecular complexity index is 1550. The number of H-pyrrole nitrogens is 1. The van der Waals surface area contributed by atoms with Crippen LogP contribution in [-0.4, -0.2) is 15.9 Å². The molecule has 0 bridgehead atoms. The first kappa shape index (κ1) is 23.3. The van der Waals surface area contributed by atoms with Crippen LogP contribution in [0.1, 0.15) is 24.0 Å². The normalized spacial score (nSPS) is 10.8. The molecule has 36 heavy (non-hydrogen) atoms. The molecule has 6 heteroatoms. The minimum absolute atomic E-state index is 0.279. The maximum Gasteiger partial charge on any atom is 0.311 e. The summed E-state index contributed by atoms with van der Waals surface area (Å²) in [6.07, 6.45) is 3.36. The fourth-order valence-corrected chi connectivity index (χ4v) is 4.43. The predicted molar refractivity (Wildman–Crippen MR) is 142 cm³/mol. The molecule has 2 aromatic heterocycles. The number of halogens is 1. The van der Waals surface area contributed by atoms with E-state index in [0.717, 1.165) is 39.0 Å². The van der Waals surface area contributed by atoms with Crippen LogP contribution in [0.25, 0.3) is 33.4 Å². The second-order valence-electron chi connectivity index (χ2n) is 8.42. The molecule has 0 aliphatic rings. The number of pyridine rings is 1. The van der Waals surface area contributed by atoms with E-state index in [4.69, 9.17) is 21.6 Å². The minimum atomic E-state index is -0.279. The third kappa shape index (κ3) is 5.14. The molecule has 5 aromatic rings. The number of ether oxygens (including phenoxy) is 1. The largest absolute Gasteiger partial charge is 0.427 e. The topological polar surface area (TPSA) is 78.8 Å². The lowest BCUT2D eigenvalue weighted by Gasteiger charge is -2.07. The molecule has 0 atom stereocenters. The van der Waals surface area contributed by atoms with Gasteiger partial charge >= 0.3 is 5.97 Å². The van der Waals surface area contributed by atoms with Crippen LogP contribution in [0.3, 0.4) is 0 Å². The number of hydrogen-bond donors (Lipinski definition) is 1. The van der Waals surface area contributed by atoms with E-state index in [1.807, 2.05) is 60.7 Å². The van der Waals surface area contributed by atoms with E-state index in [1.165, 1.54) is 0 Å². The van der Waals surface area contributed by atoms with Crippen molar-refractivity contribution >= 4 is 28.5 Å². The zero-order chi connectivity index (χ0) is 24.9. The van der Waals surface area contributed by atoms with E-state index < -0.39 is 0 Å². The molecule has 5 nitrogen and oxygen atoms in total. The molecule has 1 N–H and O–H groups in total. The fourth-order valence-electron chi connectivity index (χ4n) is 4.25. The zero-order valence-corrected chi connectivity index (χ0v) is 20.1. The van der Waals surface area contributed by atoms with Crippen molar-refractivity contribution in [2.75, 3.05) is 0 Å². The van der Waals surface area contributed by atoms with Gasteiger partial charge in [0.15, 0.2) is 0 Å². The molecule has 0 aliphatic heterocycles. The fraction of sp³-hybridized carbons (Fsp3) is 0.100. The van der Waals surface area contributed by atoms with E-state index >= 15 is 0 Å². The number of carbonyl (C=O) groups is 1. The molecule has 0 radical (unpaired) electrons. The lowest BCUT2D eigenvalue weighted by Crippen LogP contribution is -2.08. The van der Waals surface area contributed by atoms with Gasteiger partial charge in [0, 0.05) is 28.5 Å². The number of carbonyl (C=O) groups excluding carboxylic acids is 1. The number of aryl methyl sites for hydroxylation is 1. The van der Waals surface area contributed by atoms with Crippen molar-refractivity contribution in [3.63, 3.8) is 0 Å². The number of nitrogens with one attached hydrogen (secondary N) is 1. The quantitative estimate of drug-likeness (QED) is 0.190. The molecule has 2 heterocycles. The molecule has 5 rings (SSSR count). The number of hydrogen-bond acceptors (Lipinski definition) is 4. The van der Waals surface area contributed by atoms with Gasteiger partial charge < -0.3 is 9.72 Å².